The Kier molecular flexibility index (Phi) is 7.42. The van der Waals surface area contributed by atoms with E-state index in [2.05, 4.69) is 11.0 Å². The number of nitriles is 1. The molecule has 1 aliphatic heterocycles. The lowest BCUT2D eigenvalue weighted by Gasteiger charge is -2.29. The molecule has 0 bridgehead atoms. The van der Waals surface area contributed by atoms with Gasteiger partial charge in [0, 0.05) is 38.3 Å². The second-order valence-electron chi connectivity index (χ2n) is 7.94. The van der Waals surface area contributed by atoms with E-state index < -0.39 is 6.10 Å². The molecule has 1 unspecified atom stereocenters. The van der Waals surface area contributed by atoms with Gasteiger partial charge < -0.3 is 9.64 Å². The zero-order chi connectivity index (χ0) is 21.5. The first-order chi connectivity index (χ1) is 14.5. The van der Waals surface area contributed by atoms with Crippen LogP contribution in [0.2, 0.25) is 0 Å². The number of rotatable bonds is 6. The summed E-state index contributed by atoms with van der Waals surface area (Å²) in [4.78, 5) is 17.3. The van der Waals surface area contributed by atoms with Crippen molar-refractivity contribution in [3.63, 3.8) is 0 Å². The molecular formula is C24H28FN3O2. The van der Waals surface area contributed by atoms with E-state index in [-0.39, 0.29) is 17.6 Å². The van der Waals surface area contributed by atoms with Crippen molar-refractivity contribution < 1.29 is 13.9 Å². The smallest absolute Gasteiger partial charge is 0.263 e. The van der Waals surface area contributed by atoms with Crippen molar-refractivity contribution in [2.45, 2.75) is 32.9 Å². The minimum Gasteiger partial charge on any atom is -0.479 e. The molecule has 2 aromatic rings. The van der Waals surface area contributed by atoms with Gasteiger partial charge in [0.25, 0.3) is 5.91 Å². The summed E-state index contributed by atoms with van der Waals surface area (Å²) in [5.41, 5.74) is 1.09. The van der Waals surface area contributed by atoms with Gasteiger partial charge in [-0.05, 0) is 30.5 Å². The SMILES string of the molecule is CC(C)C(Oc1ccccc1C#N)C(=O)N1CCCN(Cc2ccccc2F)CC1. The highest BCUT2D eigenvalue weighted by atomic mass is 19.1. The van der Waals surface area contributed by atoms with Crippen molar-refractivity contribution >= 4 is 5.91 Å². The van der Waals surface area contributed by atoms with E-state index in [1.807, 2.05) is 24.8 Å². The number of hydrogen-bond acceptors (Lipinski definition) is 4. The maximum Gasteiger partial charge on any atom is 0.263 e. The average molecular weight is 410 g/mol. The summed E-state index contributed by atoms with van der Waals surface area (Å²) in [6.07, 6.45) is 0.164. The fraction of sp³-hybridized carbons (Fsp3) is 0.417. The first-order valence-corrected chi connectivity index (χ1v) is 10.4. The van der Waals surface area contributed by atoms with Crippen LogP contribution in [0.1, 0.15) is 31.4 Å². The van der Waals surface area contributed by atoms with Crippen LogP contribution in [0.3, 0.4) is 0 Å². The lowest BCUT2D eigenvalue weighted by atomic mass is 10.1. The summed E-state index contributed by atoms with van der Waals surface area (Å²) in [5.74, 6) is 0.134. The average Bonchev–Trinajstić information content (AvgIpc) is 2.99. The Morgan fingerprint density at radius 1 is 1.10 bits per heavy atom. The largest absolute Gasteiger partial charge is 0.479 e. The van der Waals surface area contributed by atoms with Crippen LogP contribution in [0.5, 0.6) is 5.75 Å². The number of para-hydroxylation sites is 1. The van der Waals surface area contributed by atoms with Crippen LogP contribution in [0, 0.1) is 23.1 Å². The number of benzene rings is 2. The van der Waals surface area contributed by atoms with Crippen LogP contribution >= 0.6 is 0 Å². The number of ether oxygens (including phenoxy) is 1. The van der Waals surface area contributed by atoms with Crippen molar-refractivity contribution in [2.24, 2.45) is 5.92 Å². The number of nitrogens with zero attached hydrogens (tertiary/aromatic N) is 3. The predicted octanol–water partition coefficient (Wildman–Crippen LogP) is 3.84. The minimum atomic E-state index is -0.655. The number of hydrogen-bond donors (Lipinski definition) is 0. The molecule has 1 heterocycles. The number of carbonyl (C=O) groups is 1. The normalized spacial score (nSPS) is 16.0. The van der Waals surface area contributed by atoms with E-state index >= 15 is 0 Å². The van der Waals surface area contributed by atoms with Gasteiger partial charge in [-0.15, -0.1) is 0 Å². The van der Waals surface area contributed by atoms with E-state index in [1.54, 1.807) is 36.4 Å². The summed E-state index contributed by atoms with van der Waals surface area (Å²) in [5, 5.41) is 9.31. The van der Waals surface area contributed by atoms with Gasteiger partial charge in [-0.25, -0.2) is 4.39 Å². The molecule has 0 radical (unpaired) electrons. The molecule has 158 valence electrons. The summed E-state index contributed by atoms with van der Waals surface area (Å²) in [6, 6.07) is 15.9. The molecule has 1 atom stereocenters. The Morgan fingerprint density at radius 3 is 2.57 bits per heavy atom. The molecule has 5 nitrogen and oxygen atoms in total. The van der Waals surface area contributed by atoms with Crippen molar-refractivity contribution in [1.82, 2.24) is 9.80 Å². The fourth-order valence-electron chi connectivity index (χ4n) is 3.67. The van der Waals surface area contributed by atoms with Crippen molar-refractivity contribution in [2.75, 3.05) is 26.2 Å². The zero-order valence-corrected chi connectivity index (χ0v) is 17.6. The topological polar surface area (TPSA) is 56.6 Å². The Hall–Kier alpha value is -2.91. The number of carbonyl (C=O) groups excluding carboxylic acids is 1. The van der Waals surface area contributed by atoms with Gasteiger partial charge in [0.2, 0.25) is 0 Å². The van der Waals surface area contributed by atoms with Crippen LogP contribution in [0.25, 0.3) is 0 Å². The molecule has 0 spiro atoms. The molecule has 1 aliphatic rings. The van der Waals surface area contributed by atoms with E-state index in [0.29, 0.717) is 43.1 Å². The summed E-state index contributed by atoms with van der Waals surface area (Å²) in [7, 11) is 0. The van der Waals surface area contributed by atoms with E-state index in [4.69, 9.17) is 4.74 Å². The molecule has 2 aromatic carbocycles. The van der Waals surface area contributed by atoms with Crippen molar-refractivity contribution in [3.8, 4) is 11.8 Å². The summed E-state index contributed by atoms with van der Waals surface area (Å²) in [6.45, 7) is 7.12. The third-order valence-electron chi connectivity index (χ3n) is 5.36. The monoisotopic (exact) mass is 409 g/mol. The molecular weight excluding hydrogens is 381 g/mol. The second-order valence-corrected chi connectivity index (χ2v) is 7.94. The van der Waals surface area contributed by atoms with Crippen LogP contribution in [-0.4, -0.2) is 48.0 Å². The maximum absolute atomic E-state index is 14.0. The Morgan fingerprint density at radius 2 is 1.83 bits per heavy atom. The molecule has 1 amide bonds. The zero-order valence-electron chi connectivity index (χ0n) is 17.6. The maximum atomic E-state index is 14.0. The molecule has 1 saturated heterocycles. The van der Waals surface area contributed by atoms with Crippen LogP contribution in [0.15, 0.2) is 48.5 Å². The molecule has 6 heteroatoms. The van der Waals surface area contributed by atoms with Crippen LogP contribution in [0.4, 0.5) is 4.39 Å². The highest BCUT2D eigenvalue weighted by Gasteiger charge is 2.31. The molecule has 30 heavy (non-hydrogen) atoms. The van der Waals surface area contributed by atoms with Gasteiger partial charge in [-0.1, -0.05) is 44.2 Å². The third kappa shape index (κ3) is 5.37. The molecule has 0 aliphatic carbocycles. The van der Waals surface area contributed by atoms with Crippen molar-refractivity contribution in [1.29, 1.82) is 5.26 Å². The second kappa shape index (κ2) is 10.2. The highest BCUT2D eigenvalue weighted by molar-refractivity contribution is 5.81. The Bertz CT molecular complexity index is 909. The Labute approximate surface area is 177 Å². The van der Waals surface area contributed by atoms with E-state index in [9.17, 15) is 14.4 Å². The lowest BCUT2D eigenvalue weighted by molar-refractivity contribution is -0.140. The van der Waals surface area contributed by atoms with Gasteiger partial charge in [-0.3, -0.25) is 9.69 Å². The van der Waals surface area contributed by atoms with Gasteiger partial charge in [0.05, 0.1) is 5.56 Å². The van der Waals surface area contributed by atoms with Gasteiger partial charge in [0.15, 0.2) is 6.10 Å². The first-order valence-electron chi connectivity index (χ1n) is 10.4. The number of halogens is 1. The summed E-state index contributed by atoms with van der Waals surface area (Å²) < 4.78 is 20.0. The predicted molar refractivity (Wildman–Crippen MR) is 113 cm³/mol. The molecule has 0 N–H and O–H groups in total. The third-order valence-corrected chi connectivity index (χ3v) is 5.36. The van der Waals surface area contributed by atoms with Gasteiger partial charge in [-0.2, -0.15) is 5.26 Å². The summed E-state index contributed by atoms with van der Waals surface area (Å²) >= 11 is 0. The first kappa shape index (κ1) is 21.8. The van der Waals surface area contributed by atoms with E-state index in [0.717, 1.165) is 13.0 Å². The highest BCUT2D eigenvalue weighted by Crippen LogP contribution is 2.22. The molecule has 0 saturated carbocycles. The van der Waals surface area contributed by atoms with Crippen molar-refractivity contribution in [3.05, 3.63) is 65.5 Å². The standard InChI is InChI=1S/C24H28FN3O2/c1-18(2)23(30-22-11-6-4-8-19(22)16-26)24(29)28-13-7-12-27(14-15-28)17-20-9-3-5-10-21(20)25/h3-6,8-11,18,23H,7,12-15,17H2,1-2H3. The quantitative estimate of drug-likeness (QED) is 0.728. The van der Waals surface area contributed by atoms with E-state index in [1.165, 1.54) is 6.07 Å². The Balaban J connectivity index is 1.66. The molecule has 1 fully saturated rings. The number of amides is 1. The fourth-order valence-corrected chi connectivity index (χ4v) is 3.67. The van der Waals surface area contributed by atoms with Gasteiger partial charge >= 0.3 is 0 Å². The molecule has 0 aromatic heterocycles. The lowest BCUT2D eigenvalue weighted by Crippen LogP contribution is -2.46. The van der Waals surface area contributed by atoms with Gasteiger partial charge in [0.1, 0.15) is 17.6 Å². The van der Waals surface area contributed by atoms with Crippen LogP contribution < -0.4 is 4.74 Å². The minimum absolute atomic E-state index is 0.0398. The van der Waals surface area contributed by atoms with Crippen LogP contribution in [-0.2, 0) is 11.3 Å². The molecule has 3 rings (SSSR count).